The van der Waals surface area contributed by atoms with Gasteiger partial charge in [0.15, 0.2) is 23.2 Å². The van der Waals surface area contributed by atoms with E-state index in [1.807, 2.05) is 34.9 Å². The highest BCUT2D eigenvalue weighted by Crippen LogP contribution is 2.36. The molecule has 218 valence electrons. The van der Waals surface area contributed by atoms with Crippen LogP contribution < -0.4 is 5.32 Å². The van der Waals surface area contributed by atoms with Crippen molar-refractivity contribution in [1.29, 1.82) is 0 Å². The molecule has 1 aliphatic rings. The van der Waals surface area contributed by atoms with Crippen LogP contribution >= 0.6 is 11.8 Å². The number of carbonyl (C=O) groups excluding carboxylic acids is 4. The molecule has 0 radical (unpaired) electrons. The molecule has 1 amide bonds. The van der Waals surface area contributed by atoms with Gasteiger partial charge in [-0.1, -0.05) is 61.9 Å². The summed E-state index contributed by atoms with van der Waals surface area (Å²) in [7, 11) is 0. The van der Waals surface area contributed by atoms with Gasteiger partial charge < -0.3 is 28.8 Å². The Morgan fingerprint density at radius 3 is 2.23 bits per heavy atom. The highest BCUT2D eigenvalue weighted by molar-refractivity contribution is 7.99. The Kier molecular flexibility index (Phi) is 11.5. The van der Waals surface area contributed by atoms with Gasteiger partial charge in [-0.15, -0.1) is 10.2 Å². The van der Waals surface area contributed by atoms with E-state index in [1.54, 1.807) is 0 Å². The number of amides is 1. The second-order valence-corrected chi connectivity index (χ2v) is 10.4. The second kappa shape index (κ2) is 14.8. The van der Waals surface area contributed by atoms with Crippen LogP contribution in [0, 0.1) is 0 Å². The van der Waals surface area contributed by atoms with Gasteiger partial charge in [0.25, 0.3) is 0 Å². The average molecular weight is 577 g/mol. The summed E-state index contributed by atoms with van der Waals surface area (Å²) >= 11 is 1.18. The SMILES string of the molecule is CCCCCn1c(SC2OC(COC(C)=O)C(OC(C)=O)C(OC(C)=O)C2NC(C)=O)nnc1-c1ccccc1. The smallest absolute Gasteiger partial charge is 0.303 e. The van der Waals surface area contributed by atoms with Gasteiger partial charge in [-0.25, -0.2) is 0 Å². The van der Waals surface area contributed by atoms with Crippen molar-refractivity contribution in [2.24, 2.45) is 0 Å². The highest BCUT2D eigenvalue weighted by Gasteiger charge is 2.51. The van der Waals surface area contributed by atoms with Gasteiger partial charge in [0.2, 0.25) is 5.91 Å². The molecule has 1 aliphatic heterocycles. The molecular formula is C27H36N4O8S. The normalized spacial score (nSPS) is 22.3. The number of esters is 3. The highest BCUT2D eigenvalue weighted by atomic mass is 32.2. The van der Waals surface area contributed by atoms with Crippen LogP contribution in [-0.4, -0.2) is 75.0 Å². The Bertz CT molecular complexity index is 1170. The minimum atomic E-state index is -1.16. The predicted octanol–water partition coefficient (Wildman–Crippen LogP) is 2.88. The number of rotatable bonds is 12. The standard InChI is InChI=1S/C27H36N4O8S/c1-6-7-11-14-31-25(20-12-9-8-10-13-20)29-30-27(31)40-26-22(28-16(2)32)24(38-19(5)35)23(37-18(4)34)21(39-26)15-36-17(3)33/h8-10,12-13,21-24,26H,6-7,11,14-15H2,1-5H3,(H,28,32). The lowest BCUT2D eigenvalue weighted by atomic mass is 9.97. The molecule has 0 spiro atoms. The third-order valence-electron chi connectivity index (χ3n) is 6.03. The third-order valence-corrected chi connectivity index (χ3v) is 7.18. The molecule has 2 heterocycles. The monoisotopic (exact) mass is 576 g/mol. The third kappa shape index (κ3) is 8.52. The summed E-state index contributed by atoms with van der Waals surface area (Å²) in [5.74, 6) is -1.61. The molecule has 3 rings (SSSR count). The summed E-state index contributed by atoms with van der Waals surface area (Å²) in [6.45, 7) is 7.46. The van der Waals surface area contributed by atoms with Crippen LogP contribution in [0.2, 0.25) is 0 Å². The lowest BCUT2D eigenvalue weighted by Crippen LogP contribution is -2.65. The van der Waals surface area contributed by atoms with Crippen LogP contribution in [0.3, 0.4) is 0 Å². The predicted molar refractivity (Wildman–Crippen MR) is 145 cm³/mol. The van der Waals surface area contributed by atoms with Crippen molar-refractivity contribution >= 4 is 35.6 Å². The first-order valence-electron chi connectivity index (χ1n) is 13.2. The van der Waals surface area contributed by atoms with Crippen LogP contribution in [0.4, 0.5) is 0 Å². The second-order valence-electron chi connectivity index (χ2n) is 9.37. The Morgan fingerprint density at radius 1 is 0.950 bits per heavy atom. The number of unbranched alkanes of at least 4 members (excludes halogenated alkanes) is 2. The number of carbonyl (C=O) groups is 4. The molecule has 13 heteroatoms. The Hall–Kier alpha value is -3.45. The van der Waals surface area contributed by atoms with Crippen molar-refractivity contribution in [2.45, 2.75) is 95.4 Å². The van der Waals surface area contributed by atoms with Gasteiger partial charge in [0.1, 0.15) is 24.2 Å². The fourth-order valence-corrected chi connectivity index (χ4v) is 5.56. The van der Waals surface area contributed by atoms with E-state index >= 15 is 0 Å². The molecule has 1 N–H and O–H groups in total. The van der Waals surface area contributed by atoms with Crippen molar-refractivity contribution in [2.75, 3.05) is 6.61 Å². The summed E-state index contributed by atoms with van der Waals surface area (Å²) in [4.78, 5) is 48.0. The molecule has 40 heavy (non-hydrogen) atoms. The molecule has 1 saturated heterocycles. The van der Waals surface area contributed by atoms with E-state index in [1.165, 1.54) is 39.5 Å². The Morgan fingerprint density at radius 2 is 1.62 bits per heavy atom. The van der Waals surface area contributed by atoms with E-state index in [2.05, 4.69) is 22.4 Å². The number of aromatic nitrogens is 3. The largest absolute Gasteiger partial charge is 0.463 e. The molecular weight excluding hydrogens is 540 g/mol. The average Bonchev–Trinajstić information content (AvgIpc) is 3.28. The molecule has 0 aliphatic carbocycles. The van der Waals surface area contributed by atoms with Gasteiger partial charge in [-0.3, -0.25) is 19.2 Å². The molecule has 5 atom stereocenters. The lowest BCUT2D eigenvalue weighted by molar-refractivity contribution is -0.211. The Balaban J connectivity index is 2.04. The summed E-state index contributed by atoms with van der Waals surface area (Å²) in [5.41, 5.74) is 0.0140. The summed E-state index contributed by atoms with van der Waals surface area (Å²) in [5, 5.41) is 12.2. The first kappa shape index (κ1) is 31.1. The molecule has 1 aromatic heterocycles. The number of ether oxygens (including phenoxy) is 4. The van der Waals surface area contributed by atoms with Crippen molar-refractivity contribution in [1.82, 2.24) is 20.1 Å². The van der Waals surface area contributed by atoms with Crippen LogP contribution in [0.25, 0.3) is 11.4 Å². The first-order chi connectivity index (χ1) is 19.1. The molecule has 2 aromatic rings. The maximum atomic E-state index is 12.3. The molecule has 5 unspecified atom stereocenters. The van der Waals surface area contributed by atoms with E-state index < -0.39 is 53.6 Å². The Labute approximate surface area is 237 Å². The number of hydrogen-bond acceptors (Lipinski definition) is 11. The molecule has 1 fully saturated rings. The van der Waals surface area contributed by atoms with Crippen molar-refractivity contribution in [3.8, 4) is 11.4 Å². The number of hydrogen-bond donors (Lipinski definition) is 1. The minimum Gasteiger partial charge on any atom is -0.463 e. The fraction of sp³-hybridized carbons (Fsp3) is 0.556. The topological polar surface area (TPSA) is 148 Å². The molecule has 0 saturated carbocycles. The minimum absolute atomic E-state index is 0.270. The summed E-state index contributed by atoms with van der Waals surface area (Å²) in [6.07, 6.45) is -0.360. The van der Waals surface area contributed by atoms with Crippen LogP contribution in [0.1, 0.15) is 53.9 Å². The summed E-state index contributed by atoms with van der Waals surface area (Å²) < 4.78 is 24.6. The molecule has 12 nitrogen and oxygen atoms in total. The number of benzene rings is 1. The maximum Gasteiger partial charge on any atom is 0.303 e. The molecule has 1 aromatic carbocycles. The van der Waals surface area contributed by atoms with Gasteiger partial charge in [0.05, 0.1) is 0 Å². The van der Waals surface area contributed by atoms with Crippen LogP contribution in [0.5, 0.6) is 0 Å². The number of nitrogens with one attached hydrogen (secondary N) is 1. The van der Waals surface area contributed by atoms with Crippen LogP contribution in [-0.2, 0) is 44.7 Å². The van der Waals surface area contributed by atoms with E-state index in [0.717, 1.165) is 24.8 Å². The van der Waals surface area contributed by atoms with Gasteiger partial charge in [-0.05, 0) is 6.42 Å². The molecule has 0 bridgehead atoms. The van der Waals surface area contributed by atoms with Crippen molar-refractivity contribution < 1.29 is 38.1 Å². The summed E-state index contributed by atoms with van der Waals surface area (Å²) in [6, 6.07) is 8.71. The maximum absolute atomic E-state index is 12.3. The lowest BCUT2D eigenvalue weighted by Gasteiger charge is -2.44. The first-order valence-corrected chi connectivity index (χ1v) is 14.0. The number of nitrogens with zero attached hydrogens (tertiary/aromatic N) is 3. The fourth-order valence-electron chi connectivity index (χ4n) is 4.39. The van der Waals surface area contributed by atoms with Gasteiger partial charge in [-0.2, -0.15) is 0 Å². The van der Waals surface area contributed by atoms with E-state index in [0.29, 0.717) is 17.5 Å². The zero-order valence-electron chi connectivity index (χ0n) is 23.3. The zero-order chi connectivity index (χ0) is 29.2. The van der Waals surface area contributed by atoms with Crippen molar-refractivity contribution in [3.05, 3.63) is 30.3 Å². The zero-order valence-corrected chi connectivity index (χ0v) is 24.1. The van der Waals surface area contributed by atoms with Gasteiger partial charge >= 0.3 is 17.9 Å². The van der Waals surface area contributed by atoms with E-state index in [9.17, 15) is 19.2 Å². The van der Waals surface area contributed by atoms with Gasteiger partial charge in [0, 0.05) is 39.8 Å². The quantitative estimate of drug-likeness (QED) is 0.226. The van der Waals surface area contributed by atoms with Crippen molar-refractivity contribution in [3.63, 3.8) is 0 Å². The number of thioether (sulfide) groups is 1. The van der Waals surface area contributed by atoms with E-state index in [4.69, 9.17) is 18.9 Å². The van der Waals surface area contributed by atoms with Crippen LogP contribution in [0.15, 0.2) is 35.5 Å². The van der Waals surface area contributed by atoms with E-state index in [-0.39, 0.29) is 6.61 Å².